The lowest BCUT2D eigenvalue weighted by Crippen LogP contribution is -2.27. The number of nitrogens with zero attached hydrogens (tertiary/aromatic N) is 1. The first kappa shape index (κ1) is 16.4. The fourth-order valence-electron chi connectivity index (χ4n) is 3.34. The minimum absolute atomic E-state index is 0.0259. The lowest BCUT2D eigenvalue weighted by molar-refractivity contribution is -0.121. The number of fused-ring (bicyclic) bond motifs is 2. The largest absolute Gasteiger partial charge is 0.361 e. The number of aromatic nitrogens is 2. The van der Waals surface area contributed by atoms with E-state index in [1.807, 2.05) is 41.2 Å². The lowest BCUT2D eigenvalue weighted by atomic mass is 10.1. The molecular formula is C21H20FN3O. The van der Waals surface area contributed by atoms with Gasteiger partial charge in [-0.1, -0.05) is 18.2 Å². The maximum atomic E-state index is 13.4. The van der Waals surface area contributed by atoms with Crippen molar-refractivity contribution in [3.05, 3.63) is 72.3 Å². The topological polar surface area (TPSA) is 49.8 Å². The van der Waals surface area contributed by atoms with E-state index in [-0.39, 0.29) is 11.7 Å². The molecule has 0 aliphatic carbocycles. The molecule has 4 nitrogen and oxygen atoms in total. The van der Waals surface area contributed by atoms with Gasteiger partial charge in [-0.05, 0) is 47.7 Å². The Hall–Kier alpha value is -3.08. The zero-order chi connectivity index (χ0) is 17.9. The van der Waals surface area contributed by atoms with Gasteiger partial charge < -0.3 is 14.9 Å². The van der Waals surface area contributed by atoms with Crippen LogP contribution in [0, 0.1) is 5.82 Å². The summed E-state index contributed by atoms with van der Waals surface area (Å²) in [5.41, 5.74) is 3.09. The predicted molar refractivity (Wildman–Crippen MR) is 102 cm³/mol. The summed E-state index contributed by atoms with van der Waals surface area (Å²) in [4.78, 5) is 15.4. The third kappa shape index (κ3) is 3.33. The molecule has 132 valence electrons. The van der Waals surface area contributed by atoms with Crippen molar-refractivity contribution in [2.24, 2.45) is 0 Å². The van der Waals surface area contributed by atoms with Crippen LogP contribution in [0.25, 0.3) is 21.8 Å². The van der Waals surface area contributed by atoms with Crippen LogP contribution in [0.5, 0.6) is 0 Å². The molecule has 0 atom stereocenters. The molecule has 4 rings (SSSR count). The Morgan fingerprint density at radius 1 is 1.15 bits per heavy atom. The molecule has 1 amide bonds. The Balaban J connectivity index is 1.30. The Bertz CT molecular complexity index is 1060. The fourth-order valence-corrected chi connectivity index (χ4v) is 3.34. The number of H-pyrrole nitrogens is 1. The molecule has 0 spiro atoms. The third-order valence-electron chi connectivity index (χ3n) is 4.71. The number of aromatic amines is 1. The third-order valence-corrected chi connectivity index (χ3v) is 4.71. The molecule has 0 aliphatic rings. The molecule has 0 radical (unpaired) electrons. The lowest BCUT2D eigenvalue weighted by Gasteiger charge is -2.08. The molecule has 2 aromatic carbocycles. The molecule has 0 saturated carbocycles. The van der Waals surface area contributed by atoms with Crippen molar-refractivity contribution < 1.29 is 9.18 Å². The van der Waals surface area contributed by atoms with Crippen LogP contribution in [0.1, 0.15) is 12.0 Å². The van der Waals surface area contributed by atoms with Crippen LogP contribution in [0.2, 0.25) is 0 Å². The molecule has 0 saturated heterocycles. The predicted octanol–water partition coefficient (Wildman–Crippen LogP) is 4.01. The molecule has 4 aromatic rings. The normalized spacial score (nSPS) is 11.3. The van der Waals surface area contributed by atoms with Crippen LogP contribution in [-0.2, 0) is 17.8 Å². The van der Waals surface area contributed by atoms with Gasteiger partial charge in [-0.3, -0.25) is 4.79 Å². The van der Waals surface area contributed by atoms with Crippen molar-refractivity contribution in [1.82, 2.24) is 14.9 Å². The number of amides is 1. The Kier molecular flexibility index (Phi) is 4.44. The number of para-hydroxylation sites is 1. The highest BCUT2D eigenvalue weighted by molar-refractivity contribution is 5.84. The summed E-state index contributed by atoms with van der Waals surface area (Å²) >= 11 is 0. The summed E-state index contributed by atoms with van der Waals surface area (Å²) in [6, 6.07) is 14.8. The molecule has 0 aliphatic heterocycles. The molecule has 2 aromatic heterocycles. The van der Waals surface area contributed by atoms with Crippen LogP contribution in [0.15, 0.2) is 60.9 Å². The molecule has 2 N–H and O–H groups in total. The van der Waals surface area contributed by atoms with Crippen molar-refractivity contribution in [3.8, 4) is 0 Å². The number of nitrogens with one attached hydrogen (secondary N) is 2. The van der Waals surface area contributed by atoms with Crippen LogP contribution < -0.4 is 5.32 Å². The highest BCUT2D eigenvalue weighted by Crippen LogP contribution is 2.19. The Morgan fingerprint density at radius 2 is 2.04 bits per heavy atom. The number of benzene rings is 2. The van der Waals surface area contributed by atoms with Gasteiger partial charge in [0.05, 0.1) is 5.52 Å². The number of halogens is 1. The van der Waals surface area contributed by atoms with Crippen molar-refractivity contribution >= 4 is 27.7 Å². The zero-order valence-corrected chi connectivity index (χ0v) is 14.3. The van der Waals surface area contributed by atoms with Gasteiger partial charge in [-0.25, -0.2) is 4.39 Å². The van der Waals surface area contributed by atoms with Gasteiger partial charge in [0.15, 0.2) is 0 Å². The summed E-state index contributed by atoms with van der Waals surface area (Å²) in [6.07, 6.45) is 5.04. The number of aryl methyl sites for hydroxylation is 1. The summed E-state index contributed by atoms with van der Waals surface area (Å²) < 4.78 is 15.4. The van der Waals surface area contributed by atoms with Crippen molar-refractivity contribution in [1.29, 1.82) is 0 Å². The van der Waals surface area contributed by atoms with Crippen molar-refractivity contribution in [2.75, 3.05) is 6.54 Å². The van der Waals surface area contributed by atoms with Crippen LogP contribution in [0.4, 0.5) is 4.39 Å². The van der Waals surface area contributed by atoms with Crippen LogP contribution in [-0.4, -0.2) is 22.0 Å². The standard InChI is InChI=1S/C21H20FN3O/c22-17-7-5-15-9-11-25(20(15)13-17)12-10-23-21(26)8-6-16-14-24-19-4-2-1-3-18(16)19/h1-5,7,9,11,13-14,24H,6,8,10,12H2,(H,23,26). The van der Waals surface area contributed by atoms with E-state index in [9.17, 15) is 9.18 Å². The number of hydrogen-bond donors (Lipinski definition) is 2. The second kappa shape index (κ2) is 7.04. The van der Waals surface area contributed by atoms with Gasteiger partial charge in [0, 0.05) is 42.8 Å². The first-order valence-corrected chi connectivity index (χ1v) is 8.77. The maximum Gasteiger partial charge on any atom is 0.220 e. The van der Waals surface area contributed by atoms with Crippen molar-refractivity contribution in [2.45, 2.75) is 19.4 Å². The summed E-state index contributed by atoms with van der Waals surface area (Å²) in [5, 5.41) is 5.11. The first-order chi connectivity index (χ1) is 12.7. The average Bonchev–Trinajstić information content (AvgIpc) is 3.24. The number of carbonyl (C=O) groups is 1. The van der Waals surface area contributed by atoms with Gasteiger partial charge in [-0.15, -0.1) is 0 Å². The van der Waals surface area contributed by atoms with Gasteiger partial charge >= 0.3 is 0 Å². The molecule has 0 fully saturated rings. The van der Waals surface area contributed by atoms with Crippen LogP contribution >= 0.6 is 0 Å². The molecule has 5 heteroatoms. The van der Waals surface area contributed by atoms with Gasteiger partial charge in [0.25, 0.3) is 0 Å². The zero-order valence-electron chi connectivity index (χ0n) is 14.3. The van der Waals surface area contributed by atoms with Crippen LogP contribution in [0.3, 0.4) is 0 Å². The van der Waals surface area contributed by atoms with E-state index < -0.39 is 0 Å². The fraction of sp³-hybridized carbons (Fsp3) is 0.190. The minimum Gasteiger partial charge on any atom is -0.361 e. The highest BCUT2D eigenvalue weighted by Gasteiger charge is 2.07. The van der Waals surface area contributed by atoms with E-state index in [4.69, 9.17) is 0 Å². The second-order valence-electron chi connectivity index (χ2n) is 6.42. The smallest absolute Gasteiger partial charge is 0.220 e. The van der Waals surface area contributed by atoms with Crippen molar-refractivity contribution in [3.63, 3.8) is 0 Å². The second-order valence-corrected chi connectivity index (χ2v) is 6.42. The number of rotatable bonds is 6. The summed E-state index contributed by atoms with van der Waals surface area (Å²) in [7, 11) is 0. The molecule has 2 heterocycles. The first-order valence-electron chi connectivity index (χ1n) is 8.77. The molecule has 0 bridgehead atoms. The number of carbonyl (C=O) groups excluding carboxylic acids is 1. The quantitative estimate of drug-likeness (QED) is 0.543. The van der Waals surface area contributed by atoms with E-state index in [2.05, 4.69) is 16.4 Å². The minimum atomic E-state index is -0.250. The maximum absolute atomic E-state index is 13.4. The van der Waals surface area contributed by atoms with E-state index in [1.54, 1.807) is 6.07 Å². The highest BCUT2D eigenvalue weighted by atomic mass is 19.1. The van der Waals surface area contributed by atoms with Gasteiger partial charge in [0.1, 0.15) is 5.82 Å². The van der Waals surface area contributed by atoms with E-state index >= 15 is 0 Å². The number of hydrogen-bond acceptors (Lipinski definition) is 1. The summed E-state index contributed by atoms with van der Waals surface area (Å²) in [6.45, 7) is 1.14. The monoisotopic (exact) mass is 349 g/mol. The average molecular weight is 349 g/mol. The van der Waals surface area contributed by atoms with E-state index in [0.29, 0.717) is 25.9 Å². The summed E-state index contributed by atoms with van der Waals surface area (Å²) in [5.74, 6) is -0.224. The Labute approximate surface area is 150 Å². The molecule has 0 unspecified atom stereocenters. The van der Waals surface area contributed by atoms with E-state index in [1.165, 1.54) is 17.5 Å². The SMILES string of the molecule is O=C(CCc1c[nH]c2ccccc12)NCCn1ccc2ccc(F)cc21. The van der Waals surface area contributed by atoms with Gasteiger partial charge in [-0.2, -0.15) is 0 Å². The van der Waals surface area contributed by atoms with E-state index in [0.717, 1.165) is 22.0 Å². The Morgan fingerprint density at radius 3 is 2.96 bits per heavy atom. The molecular weight excluding hydrogens is 329 g/mol. The molecule has 26 heavy (non-hydrogen) atoms. The van der Waals surface area contributed by atoms with Gasteiger partial charge in [0.2, 0.25) is 5.91 Å².